The van der Waals surface area contributed by atoms with Crippen LogP contribution in [0, 0.1) is 0 Å². The van der Waals surface area contributed by atoms with Crippen molar-refractivity contribution in [3.05, 3.63) is 34.8 Å². The molecule has 0 nitrogen and oxygen atoms in total. The van der Waals surface area contributed by atoms with E-state index in [2.05, 4.69) is 15.9 Å². The Bertz CT molecular complexity index is 138. The first kappa shape index (κ1) is 8.22. The maximum atomic E-state index is 3.31. The van der Waals surface area contributed by atoms with Crippen molar-refractivity contribution in [2.24, 2.45) is 0 Å². The van der Waals surface area contributed by atoms with Crippen molar-refractivity contribution in [2.75, 3.05) is 0 Å². The Morgan fingerprint density at radius 2 is 1.50 bits per heavy atom. The first-order chi connectivity index (χ1) is 3.39. The molecule has 1 aromatic carbocycles. The molecule has 0 saturated heterocycles. The molecule has 44 valence electrons. The molecule has 0 spiro atoms. The third-order valence-corrected chi connectivity index (χ3v) is 1.26. The number of benzene rings is 1. The van der Waals surface area contributed by atoms with Gasteiger partial charge in [-0.2, -0.15) is 0 Å². The van der Waals surface area contributed by atoms with Crippen molar-refractivity contribution < 1.29 is 0 Å². The molecule has 0 unspecified atom stereocenters. The van der Waals surface area contributed by atoms with Gasteiger partial charge in [-0.25, -0.2) is 0 Å². The summed E-state index contributed by atoms with van der Waals surface area (Å²) in [4.78, 5) is 0. The van der Waals surface area contributed by atoms with Crippen molar-refractivity contribution in [3.8, 4) is 0 Å². The molecule has 0 aliphatic heterocycles. The average Bonchev–Trinajstić information content (AvgIpc) is 1.69. The van der Waals surface area contributed by atoms with Gasteiger partial charge in [0.25, 0.3) is 0 Å². The number of hydrogen-bond acceptors (Lipinski definition) is 0. The van der Waals surface area contributed by atoms with Gasteiger partial charge in [0.2, 0.25) is 0 Å². The summed E-state index contributed by atoms with van der Waals surface area (Å²) in [6, 6.07) is 9.97. The topological polar surface area (TPSA) is 0 Å². The molecule has 0 bridgehead atoms. The SMILES string of the molecule is Brc1ccccc1.[SeH2]. The first-order valence-electron chi connectivity index (χ1n) is 2.10. The summed E-state index contributed by atoms with van der Waals surface area (Å²) < 4.78 is 1.13. The van der Waals surface area contributed by atoms with Crippen molar-refractivity contribution in [2.45, 2.75) is 0 Å². The quantitative estimate of drug-likeness (QED) is 0.601. The van der Waals surface area contributed by atoms with Crippen LogP contribution in [-0.4, -0.2) is 17.1 Å². The van der Waals surface area contributed by atoms with Gasteiger partial charge in [0.15, 0.2) is 0 Å². The van der Waals surface area contributed by atoms with E-state index < -0.39 is 0 Å². The number of rotatable bonds is 0. The molecule has 0 aliphatic carbocycles. The Balaban J connectivity index is 0.000000490. The molecule has 1 aromatic rings. The third-order valence-electron chi connectivity index (χ3n) is 0.733. The Hall–Kier alpha value is 0.219. The van der Waals surface area contributed by atoms with Gasteiger partial charge in [0.1, 0.15) is 0 Å². The zero-order valence-corrected chi connectivity index (χ0v) is 7.95. The summed E-state index contributed by atoms with van der Waals surface area (Å²) in [5.74, 6) is 0. The Morgan fingerprint density at radius 3 is 1.75 bits per heavy atom. The molecule has 0 radical (unpaired) electrons. The van der Waals surface area contributed by atoms with Crippen LogP contribution in [0.25, 0.3) is 0 Å². The van der Waals surface area contributed by atoms with E-state index in [0.717, 1.165) is 4.47 Å². The molecule has 0 saturated carbocycles. The van der Waals surface area contributed by atoms with Crippen LogP contribution in [-0.2, 0) is 0 Å². The summed E-state index contributed by atoms with van der Waals surface area (Å²) >= 11 is 3.31. The standard InChI is InChI=1S/C6H5Br.H2Se/c7-6-4-2-1-3-5-6;/h1-5H;1H2. The Labute approximate surface area is 67.9 Å². The van der Waals surface area contributed by atoms with Crippen LogP contribution >= 0.6 is 15.9 Å². The first-order valence-corrected chi connectivity index (χ1v) is 2.89. The fraction of sp³-hybridized carbons (Fsp3) is 0. The predicted octanol–water partition coefficient (Wildman–Crippen LogP) is 1.53. The zero-order chi connectivity index (χ0) is 5.11. The van der Waals surface area contributed by atoms with E-state index in [4.69, 9.17) is 0 Å². The zero-order valence-electron chi connectivity index (χ0n) is 4.26. The molecule has 0 aliphatic rings. The molecular weight excluding hydrogens is 231 g/mol. The summed E-state index contributed by atoms with van der Waals surface area (Å²) in [5.41, 5.74) is 0. The van der Waals surface area contributed by atoms with Crippen molar-refractivity contribution in [1.29, 1.82) is 0 Å². The Kier molecular flexibility index (Phi) is 4.25. The van der Waals surface area contributed by atoms with Gasteiger partial charge in [-0.3, -0.25) is 0 Å². The number of hydrogen-bond donors (Lipinski definition) is 0. The second-order valence-electron chi connectivity index (χ2n) is 1.30. The minimum absolute atomic E-state index is 0. The van der Waals surface area contributed by atoms with Gasteiger partial charge in [-0.15, -0.1) is 0 Å². The maximum absolute atomic E-state index is 3.31. The van der Waals surface area contributed by atoms with E-state index in [-0.39, 0.29) is 17.1 Å². The van der Waals surface area contributed by atoms with Crippen molar-refractivity contribution in [1.82, 2.24) is 0 Å². The van der Waals surface area contributed by atoms with Gasteiger partial charge in [-0.1, -0.05) is 34.1 Å². The monoisotopic (exact) mass is 238 g/mol. The van der Waals surface area contributed by atoms with Gasteiger partial charge >= 0.3 is 17.1 Å². The van der Waals surface area contributed by atoms with E-state index in [1.807, 2.05) is 30.3 Å². The summed E-state index contributed by atoms with van der Waals surface area (Å²) in [6.07, 6.45) is 0. The molecule has 0 fully saturated rings. The molecular formula is C6H7BrSe. The van der Waals surface area contributed by atoms with Gasteiger partial charge in [0, 0.05) is 4.47 Å². The van der Waals surface area contributed by atoms with E-state index >= 15 is 0 Å². The average molecular weight is 238 g/mol. The van der Waals surface area contributed by atoms with Crippen LogP contribution < -0.4 is 0 Å². The molecule has 0 N–H and O–H groups in total. The van der Waals surface area contributed by atoms with Gasteiger partial charge < -0.3 is 0 Å². The van der Waals surface area contributed by atoms with Gasteiger partial charge in [0.05, 0.1) is 0 Å². The molecule has 0 atom stereocenters. The van der Waals surface area contributed by atoms with Crippen molar-refractivity contribution >= 4 is 33.0 Å². The van der Waals surface area contributed by atoms with Crippen LogP contribution in [0.1, 0.15) is 0 Å². The molecule has 0 aromatic heterocycles. The second kappa shape index (κ2) is 4.13. The van der Waals surface area contributed by atoms with Crippen molar-refractivity contribution in [3.63, 3.8) is 0 Å². The molecule has 1 rings (SSSR count). The van der Waals surface area contributed by atoms with Crippen LogP contribution in [0.2, 0.25) is 0 Å². The Morgan fingerprint density at radius 1 is 1.00 bits per heavy atom. The predicted molar refractivity (Wildman–Crippen MR) is 42.7 cm³/mol. The van der Waals surface area contributed by atoms with Crippen LogP contribution in [0.3, 0.4) is 0 Å². The minimum atomic E-state index is 0. The van der Waals surface area contributed by atoms with Crippen LogP contribution in [0.4, 0.5) is 0 Å². The fourth-order valence-electron chi connectivity index (χ4n) is 0.415. The summed E-state index contributed by atoms with van der Waals surface area (Å²) in [5, 5.41) is 0. The summed E-state index contributed by atoms with van der Waals surface area (Å²) in [6.45, 7) is 0. The second-order valence-corrected chi connectivity index (χ2v) is 2.21. The summed E-state index contributed by atoms with van der Waals surface area (Å²) in [7, 11) is 0. The van der Waals surface area contributed by atoms with Crippen LogP contribution in [0.5, 0.6) is 0 Å². The van der Waals surface area contributed by atoms with Gasteiger partial charge in [-0.05, 0) is 12.1 Å². The number of halogens is 1. The fourth-order valence-corrected chi connectivity index (χ4v) is 0.720. The van der Waals surface area contributed by atoms with E-state index in [1.54, 1.807) is 0 Å². The van der Waals surface area contributed by atoms with E-state index in [0.29, 0.717) is 0 Å². The van der Waals surface area contributed by atoms with Crippen LogP contribution in [0.15, 0.2) is 34.8 Å². The third kappa shape index (κ3) is 2.51. The molecule has 0 heterocycles. The molecule has 2 heteroatoms. The molecule has 0 amide bonds. The van der Waals surface area contributed by atoms with E-state index in [9.17, 15) is 0 Å². The normalized spacial score (nSPS) is 7.62. The van der Waals surface area contributed by atoms with E-state index in [1.165, 1.54) is 0 Å². The molecule has 8 heavy (non-hydrogen) atoms.